The number of rotatable bonds is 6. The maximum absolute atomic E-state index is 12.9. The number of carbonyl (C=O) groups is 3. The smallest absolute Gasteiger partial charge is 0.324 e. The number of amides is 4. The zero-order valence-electron chi connectivity index (χ0n) is 16.0. The van der Waals surface area contributed by atoms with Crippen LogP contribution in [0.4, 0.5) is 10.5 Å². The lowest BCUT2D eigenvalue weighted by Crippen LogP contribution is -2.30. The van der Waals surface area contributed by atoms with Gasteiger partial charge in [-0.2, -0.15) is 0 Å². The molecule has 2 N–H and O–H groups in total. The Labute approximate surface area is 173 Å². The number of nitrogens with one attached hydrogen (secondary N) is 2. The Bertz CT molecular complexity index is 1080. The summed E-state index contributed by atoms with van der Waals surface area (Å²) in [6.07, 6.45) is 0. The Kier molecular flexibility index (Phi) is 5.43. The van der Waals surface area contributed by atoms with Gasteiger partial charge in [-0.3, -0.25) is 14.5 Å². The number of urea groups is 1. The molecule has 1 aliphatic heterocycles. The fraction of sp³-hybridized carbons (Fsp3) is 0.0870. The van der Waals surface area contributed by atoms with Crippen molar-refractivity contribution in [2.75, 3.05) is 11.9 Å². The largest absolute Gasteiger partial charge is 0.457 e. The first-order chi connectivity index (χ1) is 14.6. The quantitative estimate of drug-likeness (QED) is 0.616. The molecule has 0 bridgehead atoms. The SMILES string of the molecule is O=C(Nc1cccc(CN2C(=O)CNC2=O)c1)c1ccccc1Oc1ccccc1. The topological polar surface area (TPSA) is 87.7 Å². The maximum atomic E-state index is 12.9. The van der Waals surface area contributed by atoms with Crippen LogP contribution in [-0.2, 0) is 11.3 Å². The van der Waals surface area contributed by atoms with E-state index in [-0.39, 0.29) is 24.9 Å². The van der Waals surface area contributed by atoms with Gasteiger partial charge in [0.25, 0.3) is 5.91 Å². The van der Waals surface area contributed by atoms with E-state index in [0.717, 1.165) is 10.5 Å². The van der Waals surface area contributed by atoms with Crippen LogP contribution in [0, 0.1) is 0 Å². The molecule has 0 unspecified atom stereocenters. The predicted octanol–water partition coefficient (Wildman–Crippen LogP) is 3.78. The Morgan fingerprint density at radius 3 is 2.50 bits per heavy atom. The van der Waals surface area contributed by atoms with E-state index in [1.165, 1.54) is 0 Å². The normalized spacial score (nSPS) is 13.1. The van der Waals surface area contributed by atoms with E-state index in [1.807, 2.05) is 30.3 Å². The van der Waals surface area contributed by atoms with Crippen molar-refractivity contribution in [3.05, 3.63) is 90.0 Å². The maximum Gasteiger partial charge on any atom is 0.324 e. The van der Waals surface area contributed by atoms with Crippen LogP contribution < -0.4 is 15.4 Å². The van der Waals surface area contributed by atoms with Gasteiger partial charge in [-0.25, -0.2) is 4.79 Å². The van der Waals surface area contributed by atoms with Gasteiger partial charge >= 0.3 is 6.03 Å². The minimum absolute atomic E-state index is 0.00740. The summed E-state index contributed by atoms with van der Waals surface area (Å²) in [6, 6.07) is 22.8. The lowest BCUT2D eigenvalue weighted by molar-refractivity contribution is -0.125. The van der Waals surface area contributed by atoms with E-state index in [4.69, 9.17) is 4.74 Å². The van der Waals surface area contributed by atoms with Gasteiger partial charge in [0.1, 0.15) is 11.5 Å². The van der Waals surface area contributed by atoms with Crippen molar-refractivity contribution < 1.29 is 19.1 Å². The molecule has 1 heterocycles. The summed E-state index contributed by atoms with van der Waals surface area (Å²) in [5.74, 6) is 0.472. The van der Waals surface area contributed by atoms with Crippen LogP contribution in [0.15, 0.2) is 78.9 Å². The zero-order chi connectivity index (χ0) is 20.9. The molecule has 1 aliphatic rings. The number of benzene rings is 3. The van der Waals surface area contributed by atoms with Gasteiger partial charge in [0.15, 0.2) is 0 Å². The van der Waals surface area contributed by atoms with Gasteiger partial charge in [0, 0.05) is 5.69 Å². The third kappa shape index (κ3) is 4.30. The van der Waals surface area contributed by atoms with Crippen LogP contribution in [0.25, 0.3) is 0 Å². The van der Waals surface area contributed by atoms with E-state index in [2.05, 4.69) is 10.6 Å². The lowest BCUT2D eigenvalue weighted by Gasteiger charge is -2.14. The standard InChI is InChI=1S/C23H19N3O4/c27-21-14-24-23(29)26(21)15-16-7-6-8-17(13-16)25-22(28)19-11-4-5-12-20(19)30-18-9-2-1-3-10-18/h1-13H,14-15H2,(H,24,29)(H,25,28). The molecule has 0 aromatic heterocycles. The number of hydrogen-bond acceptors (Lipinski definition) is 4. The van der Waals surface area contributed by atoms with Crippen molar-refractivity contribution in [2.24, 2.45) is 0 Å². The predicted molar refractivity (Wildman–Crippen MR) is 111 cm³/mol. The number of hydrogen-bond donors (Lipinski definition) is 2. The van der Waals surface area contributed by atoms with Crippen molar-refractivity contribution in [2.45, 2.75) is 6.54 Å². The van der Waals surface area contributed by atoms with Crippen LogP contribution in [-0.4, -0.2) is 29.3 Å². The molecular weight excluding hydrogens is 382 g/mol. The highest BCUT2D eigenvalue weighted by molar-refractivity contribution is 6.06. The molecule has 0 radical (unpaired) electrons. The molecule has 1 saturated heterocycles. The molecule has 1 fully saturated rings. The zero-order valence-corrected chi connectivity index (χ0v) is 16.0. The van der Waals surface area contributed by atoms with Crippen LogP contribution in [0.1, 0.15) is 15.9 Å². The fourth-order valence-corrected chi connectivity index (χ4v) is 3.10. The van der Waals surface area contributed by atoms with Gasteiger partial charge in [-0.15, -0.1) is 0 Å². The van der Waals surface area contributed by atoms with E-state index >= 15 is 0 Å². The van der Waals surface area contributed by atoms with Gasteiger partial charge in [0.05, 0.1) is 18.7 Å². The van der Waals surface area contributed by atoms with Crippen molar-refractivity contribution in [3.63, 3.8) is 0 Å². The summed E-state index contributed by atoms with van der Waals surface area (Å²) in [5, 5.41) is 5.34. The van der Waals surface area contributed by atoms with Crippen LogP contribution in [0.5, 0.6) is 11.5 Å². The number of anilines is 1. The van der Waals surface area contributed by atoms with E-state index in [0.29, 0.717) is 22.7 Å². The van der Waals surface area contributed by atoms with Gasteiger partial charge < -0.3 is 15.4 Å². The Morgan fingerprint density at radius 2 is 1.73 bits per heavy atom. The lowest BCUT2D eigenvalue weighted by atomic mass is 10.1. The molecule has 0 spiro atoms. The Morgan fingerprint density at radius 1 is 0.967 bits per heavy atom. The highest BCUT2D eigenvalue weighted by Crippen LogP contribution is 2.26. The number of para-hydroxylation sites is 2. The molecule has 7 heteroatoms. The highest BCUT2D eigenvalue weighted by atomic mass is 16.5. The van der Waals surface area contributed by atoms with Crippen LogP contribution in [0.3, 0.4) is 0 Å². The molecule has 0 atom stereocenters. The second-order valence-electron chi connectivity index (χ2n) is 6.70. The molecule has 7 nitrogen and oxygen atoms in total. The van der Waals surface area contributed by atoms with Gasteiger partial charge in [-0.05, 0) is 42.0 Å². The minimum Gasteiger partial charge on any atom is -0.457 e. The fourth-order valence-electron chi connectivity index (χ4n) is 3.10. The Hall–Kier alpha value is -4.13. The summed E-state index contributed by atoms with van der Waals surface area (Å²) in [4.78, 5) is 37.5. The molecule has 150 valence electrons. The first-order valence-electron chi connectivity index (χ1n) is 9.40. The van der Waals surface area contributed by atoms with Gasteiger partial charge in [0.2, 0.25) is 5.91 Å². The van der Waals surface area contributed by atoms with Gasteiger partial charge in [-0.1, -0.05) is 42.5 Å². The minimum atomic E-state index is -0.415. The second kappa shape index (κ2) is 8.48. The second-order valence-corrected chi connectivity index (χ2v) is 6.70. The summed E-state index contributed by atoms with van der Waals surface area (Å²) in [5.41, 5.74) is 1.67. The first kappa shape index (κ1) is 19.2. The van der Waals surface area contributed by atoms with Crippen molar-refractivity contribution >= 4 is 23.5 Å². The number of nitrogens with zero attached hydrogens (tertiary/aromatic N) is 1. The van der Waals surface area contributed by atoms with Crippen molar-refractivity contribution in [1.82, 2.24) is 10.2 Å². The molecule has 0 aliphatic carbocycles. The molecule has 3 aromatic rings. The molecule has 0 saturated carbocycles. The highest BCUT2D eigenvalue weighted by Gasteiger charge is 2.28. The Balaban J connectivity index is 1.49. The molecular formula is C23H19N3O4. The number of carbonyl (C=O) groups excluding carboxylic acids is 3. The monoisotopic (exact) mass is 401 g/mol. The summed E-state index contributed by atoms with van der Waals surface area (Å²) in [6.45, 7) is 0.148. The third-order valence-electron chi connectivity index (χ3n) is 4.57. The van der Waals surface area contributed by atoms with Crippen molar-refractivity contribution in [3.8, 4) is 11.5 Å². The van der Waals surface area contributed by atoms with Crippen LogP contribution >= 0.6 is 0 Å². The first-order valence-corrected chi connectivity index (χ1v) is 9.40. The molecule has 4 rings (SSSR count). The summed E-state index contributed by atoms with van der Waals surface area (Å²) < 4.78 is 5.85. The summed E-state index contributed by atoms with van der Waals surface area (Å²) >= 11 is 0. The third-order valence-corrected chi connectivity index (χ3v) is 4.57. The molecule has 4 amide bonds. The summed E-state index contributed by atoms with van der Waals surface area (Å²) in [7, 11) is 0. The average molecular weight is 401 g/mol. The van der Waals surface area contributed by atoms with E-state index < -0.39 is 6.03 Å². The van der Waals surface area contributed by atoms with Crippen molar-refractivity contribution in [1.29, 1.82) is 0 Å². The number of imide groups is 1. The van der Waals surface area contributed by atoms with E-state index in [9.17, 15) is 14.4 Å². The average Bonchev–Trinajstić information content (AvgIpc) is 3.07. The molecule has 3 aromatic carbocycles. The molecule has 30 heavy (non-hydrogen) atoms. The van der Waals surface area contributed by atoms with E-state index in [1.54, 1.807) is 48.5 Å². The number of ether oxygens (including phenoxy) is 1. The van der Waals surface area contributed by atoms with Crippen LogP contribution in [0.2, 0.25) is 0 Å².